The average Bonchev–Trinajstić information content (AvgIpc) is 3.07. The van der Waals surface area contributed by atoms with Gasteiger partial charge in [-0.2, -0.15) is 0 Å². The lowest BCUT2D eigenvalue weighted by Gasteiger charge is -2.14. The van der Waals surface area contributed by atoms with Crippen LogP contribution in [-0.2, 0) is 0 Å². The van der Waals surface area contributed by atoms with Gasteiger partial charge >= 0.3 is 0 Å². The van der Waals surface area contributed by atoms with Crippen molar-refractivity contribution in [3.8, 4) is 0 Å². The molecule has 0 radical (unpaired) electrons. The Bertz CT molecular complexity index is 419. The Labute approximate surface area is 105 Å². The highest BCUT2D eigenvalue weighted by atomic mass is 35.5. The van der Waals surface area contributed by atoms with Gasteiger partial charge in [0.15, 0.2) is 0 Å². The molecule has 4 nitrogen and oxygen atoms in total. The molecular weight excluding hydrogens is 240 g/mol. The summed E-state index contributed by atoms with van der Waals surface area (Å²) in [6.45, 7) is 0.770. The summed E-state index contributed by atoms with van der Waals surface area (Å²) in [5.74, 6) is -0.211. The van der Waals surface area contributed by atoms with Crippen molar-refractivity contribution in [1.29, 1.82) is 0 Å². The molecule has 1 aliphatic carbocycles. The van der Waals surface area contributed by atoms with Gasteiger partial charge in [0.25, 0.3) is 5.91 Å². The van der Waals surface area contributed by atoms with Gasteiger partial charge in [-0.25, -0.2) is 0 Å². The topological polar surface area (TPSA) is 62.2 Å². The van der Waals surface area contributed by atoms with Crippen LogP contribution in [-0.4, -0.2) is 29.1 Å². The first-order chi connectivity index (χ1) is 8.15. The van der Waals surface area contributed by atoms with Gasteiger partial charge in [-0.15, -0.1) is 0 Å². The number of hydrogen-bond donors (Lipinski definition) is 2. The van der Waals surface area contributed by atoms with Crippen LogP contribution in [0.2, 0.25) is 5.02 Å². The van der Waals surface area contributed by atoms with E-state index in [0.29, 0.717) is 17.3 Å². The number of nitrogens with one attached hydrogen (secondary N) is 1. The summed E-state index contributed by atoms with van der Waals surface area (Å²) in [4.78, 5) is 15.7. The smallest absolute Gasteiger partial charge is 0.269 e. The fraction of sp³-hybridized carbons (Fsp3) is 0.500. The molecule has 0 spiro atoms. The van der Waals surface area contributed by atoms with Gasteiger partial charge in [0.1, 0.15) is 5.69 Å². The first-order valence-corrected chi connectivity index (χ1v) is 6.04. The zero-order valence-electron chi connectivity index (χ0n) is 9.45. The van der Waals surface area contributed by atoms with Crippen LogP contribution >= 0.6 is 11.6 Å². The molecule has 17 heavy (non-hydrogen) atoms. The first-order valence-electron chi connectivity index (χ1n) is 5.66. The van der Waals surface area contributed by atoms with E-state index in [1.54, 1.807) is 12.1 Å². The van der Waals surface area contributed by atoms with Gasteiger partial charge in [0.2, 0.25) is 0 Å². The third-order valence-electron chi connectivity index (χ3n) is 3.18. The number of nitrogens with zero attached hydrogens (tertiary/aromatic N) is 1. The third-order valence-corrected chi connectivity index (χ3v) is 3.41. The van der Waals surface area contributed by atoms with Crippen molar-refractivity contribution in [3.63, 3.8) is 0 Å². The van der Waals surface area contributed by atoms with E-state index in [1.807, 2.05) is 0 Å². The Morgan fingerprint density at radius 1 is 1.59 bits per heavy atom. The number of rotatable bonds is 5. The molecule has 1 saturated carbocycles. The standard InChI is InChI=1S/C12H15ClN2O2/c13-9-1-5-14-10(7-9)11(17)15-8-12(2-3-12)4-6-16/h1,5,7,16H,2-4,6,8H2,(H,15,17). The normalized spacial score (nSPS) is 16.6. The molecule has 1 aromatic heterocycles. The van der Waals surface area contributed by atoms with E-state index in [0.717, 1.165) is 19.3 Å². The highest BCUT2D eigenvalue weighted by Crippen LogP contribution is 2.47. The molecule has 0 unspecified atom stereocenters. The molecule has 1 amide bonds. The molecule has 1 heterocycles. The SMILES string of the molecule is O=C(NCC1(CCO)CC1)c1cc(Cl)ccn1. The highest BCUT2D eigenvalue weighted by molar-refractivity contribution is 6.30. The molecule has 92 valence electrons. The maximum Gasteiger partial charge on any atom is 0.269 e. The number of pyridine rings is 1. The summed E-state index contributed by atoms with van der Waals surface area (Å²) < 4.78 is 0. The van der Waals surface area contributed by atoms with E-state index in [-0.39, 0.29) is 17.9 Å². The van der Waals surface area contributed by atoms with Gasteiger partial charge in [0.05, 0.1) is 0 Å². The second-order valence-electron chi connectivity index (χ2n) is 4.52. The number of hydrogen-bond acceptors (Lipinski definition) is 3. The minimum Gasteiger partial charge on any atom is -0.396 e. The van der Waals surface area contributed by atoms with Crippen LogP contribution in [0, 0.1) is 5.41 Å². The predicted molar refractivity (Wildman–Crippen MR) is 65.0 cm³/mol. The molecular formula is C12H15ClN2O2. The van der Waals surface area contributed by atoms with E-state index in [1.165, 1.54) is 6.20 Å². The Morgan fingerprint density at radius 2 is 2.35 bits per heavy atom. The van der Waals surface area contributed by atoms with Crippen LogP contribution in [0.25, 0.3) is 0 Å². The molecule has 2 rings (SSSR count). The van der Waals surface area contributed by atoms with Crippen LogP contribution < -0.4 is 5.32 Å². The first kappa shape index (κ1) is 12.3. The van der Waals surface area contributed by atoms with Gasteiger partial charge in [0, 0.05) is 24.4 Å². The summed E-state index contributed by atoms with van der Waals surface area (Å²) in [5.41, 5.74) is 0.445. The molecule has 1 fully saturated rings. The van der Waals surface area contributed by atoms with Crippen molar-refractivity contribution in [1.82, 2.24) is 10.3 Å². The van der Waals surface area contributed by atoms with Crippen LogP contribution in [0.5, 0.6) is 0 Å². The van der Waals surface area contributed by atoms with E-state index in [4.69, 9.17) is 16.7 Å². The Morgan fingerprint density at radius 3 is 2.94 bits per heavy atom. The minimum atomic E-state index is -0.211. The number of aliphatic hydroxyl groups excluding tert-OH is 1. The quantitative estimate of drug-likeness (QED) is 0.840. The molecule has 5 heteroatoms. The highest BCUT2D eigenvalue weighted by Gasteiger charge is 2.41. The van der Waals surface area contributed by atoms with Gasteiger partial charge in [-0.05, 0) is 36.8 Å². The summed E-state index contributed by atoms with van der Waals surface area (Å²) in [5, 5.41) is 12.3. The lowest BCUT2D eigenvalue weighted by atomic mass is 10.0. The van der Waals surface area contributed by atoms with E-state index in [2.05, 4.69) is 10.3 Å². The summed E-state index contributed by atoms with van der Waals surface area (Å²) >= 11 is 5.79. The average molecular weight is 255 g/mol. The van der Waals surface area contributed by atoms with Crippen LogP contribution in [0.1, 0.15) is 29.8 Å². The number of carbonyl (C=O) groups excluding carboxylic acids is 1. The van der Waals surface area contributed by atoms with Crippen LogP contribution in [0.4, 0.5) is 0 Å². The summed E-state index contributed by atoms with van der Waals surface area (Å²) in [6, 6.07) is 3.18. The van der Waals surface area contributed by atoms with Crippen LogP contribution in [0.15, 0.2) is 18.3 Å². The van der Waals surface area contributed by atoms with Crippen molar-refractivity contribution >= 4 is 17.5 Å². The molecule has 2 N–H and O–H groups in total. The van der Waals surface area contributed by atoms with E-state index >= 15 is 0 Å². The Kier molecular flexibility index (Phi) is 3.64. The van der Waals surface area contributed by atoms with Crippen LogP contribution in [0.3, 0.4) is 0 Å². The number of aliphatic hydroxyl groups is 1. The third kappa shape index (κ3) is 3.17. The molecule has 0 bridgehead atoms. The number of carbonyl (C=O) groups is 1. The van der Waals surface area contributed by atoms with Crippen molar-refractivity contribution in [2.75, 3.05) is 13.2 Å². The largest absolute Gasteiger partial charge is 0.396 e. The molecule has 0 saturated heterocycles. The van der Waals surface area contributed by atoms with Crippen molar-refractivity contribution in [2.24, 2.45) is 5.41 Å². The van der Waals surface area contributed by atoms with E-state index < -0.39 is 0 Å². The monoisotopic (exact) mass is 254 g/mol. The fourth-order valence-corrected chi connectivity index (χ4v) is 1.98. The summed E-state index contributed by atoms with van der Waals surface area (Å²) in [7, 11) is 0. The molecule has 1 aliphatic rings. The summed E-state index contributed by atoms with van der Waals surface area (Å²) in [6.07, 6.45) is 4.39. The minimum absolute atomic E-state index is 0.114. The van der Waals surface area contributed by atoms with E-state index in [9.17, 15) is 4.79 Å². The van der Waals surface area contributed by atoms with Gasteiger partial charge in [-0.1, -0.05) is 11.6 Å². The second-order valence-corrected chi connectivity index (χ2v) is 4.95. The van der Waals surface area contributed by atoms with Crippen molar-refractivity contribution in [3.05, 3.63) is 29.0 Å². The molecule has 0 aliphatic heterocycles. The predicted octanol–water partition coefficient (Wildman–Crippen LogP) is 1.63. The van der Waals surface area contributed by atoms with Crippen molar-refractivity contribution < 1.29 is 9.90 Å². The lowest BCUT2D eigenvalue weighted by molar-refractivity contribution is 0.0936. The molecule has 1 aromatic rings. The molecule has 0 atom stereocenters. The maximum absolute atomic E-state index is 11.8. The van der Waals surface area contributed by atoms with Gasteiger partial charge < -0.3 is 10.4 Å². The second kappa shape index (κ2) is 5.02. The number of aromatic nitrogens is 1. The van der Waals surface area contributed by atoms with Crippen molar-refractivity contribution in [2.45, 2.75) is 19.3 Å². The Balaban J connectivity index is 1.90. The fourth-order valence-electron chi connectivity index (χ4n) is 1.82. The zero-order chi connectivity index (χ0) is 12.3. The van der Waals surface area contributed by atoms with Gasteiger partial charge in [-0.3, -0.25) is 9.78 Å². The number of halogens is 1. The Hall–Kier alpha value is -1.13. The molecule has 0 aromatic carbocycles. The zero-order valence-corrected chi connectivity index (χ0v) is 10.2. The number of amides is 1. The maximum atomic E-state index is 11.8. The lowest BCUT2D eigenvalue weighted by Crippen LogP contribution is -2.31.